The molecule has 10 heteroatoms. The summed E-state index contributed by atoms with van der Waals surface area (Å²) in [5, 5.41) is 11.3. The first kappa shape index (κ1) is 25.1. The highest BCUT2D eigenvalue weighted by molar-refractivity contribution is 7.92. The maximum absolute atomic E-state index is 13.3. The summed E-state index contributed by atoms with van der Waals surface area (Å²) in [5.41, 5.74) is 1.76. The van der Waals surface area contributed by atoms with Crippen LogP contribution in [-0.2, 0) is 23.1 Å². The molecule has 1 N–H and O–H groups in total. The molecule has 1 aliphatic rings. The van der Waals surface area contributed by atoms with Crippen LogP contribution in [0.25, 0.3) is 10.9 Å². The Morgan fingerprint density at radius 3 is 2.50 bits per heavy atom. The topological polar surface area (TPSA) is 109 Å². The van der Waals surface area contributed by atoms with Gasteiger partial charge in [-0.3, -0.25) is 14.1 Å². The molecule has 4 rings (SSSR count). The number of carbonyl (C=O) groups excluding carboxylic acids is 1. The average Bonchev–Trinajstić information content (AvgIpc) is 3.15. The minimum atomic E-state index is -3.63. The third-order valence-electron chi connectivity index (χ3n) is 5.63. The molecule has 9 nitrogen and oxygen atoms in total. The number of methoxy groups -OCH3 is 2. The molecule has 0 atom stereocenters. The monoisotopic (exact) mass is 487 g/mol. The number of aromatic nitrogens is 1. The van der Waals surface area contributed by atoms with Gasteiger partial charge in [-0.05, 0) is 24.3 Å². The first-order chi connectivity index (χ1) is 16.2. The Labute approximate surface area is 199 Å². The molecule has 0 bridgehead atoms. The highest BCUT2D eigenvalue weighted by Gasteiger charge is 2.37. The van der Waals surface area contributed by atoms with E-state index >= 15 is 0 Å². The summed E-state index contributed by atoms with van der Waals surface area (Å²) in [7, 11) is 0.873. The highest BCUT2D eigenvalue weighted by atomic mass is 32.2. The van der Waals surface area contributed by atoms with E-state index in [-0.39, 0.29) is 29.9 Å². The van der Waals surface area contributed by atoms with Crippen molar-refractivity contribution in [2.75, 3.05) is 31.8 Å². The van der Waals surface area contributed by atoms with Crippen molar-refractivity contribution in [3.63, 3.8) is 0 Å². The van der Waals surface area contributed by atoms with Gasteiger partial charge in [-0.15, -0.1) is 0 Å². The van der Waals surface area contributed by atoms with E-state index in [1.807, 2.05) is 13.8 Å². The van der Waals surface area contributed by atoms with Crippen LogP contribution in [0.15, 0.2) is 36.5 Å². The van der Waals surface area contributed by atoms with E-state index in [9.17, 15) is 18.3 Å². The van der Waals surface area contributed by atoms with Gasteiger partial charge in [0.15, 0.2) is 5.75 Å². The number of benzene rings is 2. The minimum absolute atomic E-state index is 0.0641. The van der Waals surface area contributed by atoms with Gasteiger partial charge in [-0.1, -0.05) is 13.8 Å². The van der Waals surface area contributed by atoms with Gasteiger partial charge in [0.05, 0.1) is 31.7 Å². The number of aromatic hydroxyl groups is 1. The van der Waals surface area contributed by atoms with Crippen LogP contribution in [-0.4, -0.2) is 56.8 Å². The van der Waals surface area contributed by atoms with Crippen molar-refractivity contribution in [1.82, 2.24) is 9.88 Å². The molecule has 3 aromatic rings. The van der Waals surface area contributed by atoms with Crippen LogP contribution in [0.3, 0.4) is 0 Å². The van der Waals surface area contributed by atoms with Crippen LogP contribution in [0.4, 0.5) is 5.69 Å². The number of amides is 1. The van der Waals surface area contributed by atoms with Crippen LogP contribution in [0, 0.1) is 0 Å². The van der Waals surface area contributed by atoms with Gasteiger partial charge in [-0.2, -0.15) is 0 Å². The first-order valence-corrected chi connectivity index (χ1v) is 12.6. The lowest BCUT2D eigenvalue weighted by atomic mass is 10.0. The Morgan fingerprint density at radius 2 is 1.88 bits per heavy atom. The Hall–Kier alpha value is -3.53. The molecule has 0 saturated heterocycles. The zero-order valence-corrected chi connectivity index (χ0v) is 20.9. The van der Waals surface area contributed by atoms with Crippen LogP contribution < -0.4 is 13.8 Å². The van der Waals surface area contributed by atoms with E-state index in [2.05, 4.69) is 4.98 Å². The average molecular weight is 488 g/mol. The van der Waals surface area contributed by atoms with Crippen molar-refractivity contribution in [1.29, 1.82) is 0 Å². The summed E-state index contributed by atoms with van der Waals surface area (Å²) >= 11 is 0. The summed E-state index contributed by atoms with van der Waals surface area (Å²) < 4.78 is 36.5. The zero-order valence-electron chi connectivity index (χ0n) is 20.1. The number of hydrogen-bond donors (Lipinski definition) is 1. The van der Waals surface area contributed by atoms with E-state index < -0.39 is 15.9 Å². The molecule has 34 heavy (non-hydrogen) atoms. The first-order valence-electron chi connectivity index (χ1n) is 10.7. The molecular weight excluding hydrogens is 458 g/mol. The number of rotatable bonds is 6. The second kappa shape index (κ2) is 9.76. The second-order valence-electron chi connectivity index (χ2n) is 7.52. The normalized spacial score (nSPS) is 12.8. The summed E-state index contributed by atoms with van der Waals surface area (Å²) in [4.78, 5) is 19.0. The molecule has 0 unspecified atom stereocenters. The minimum Gasteiger partial charge on any atom is -0.505 e. The molecule has 0 fully saturated rings. The molecule has 1 aliphatic heterocycles. The number of hydrogen-bond acceptors (Lipinski definition) is 7. The fraction of sp³-hybridized carbons (Fsp3) is 0.333. The Balaban J connectivity index is 0.00000158. The third kappa shape index (κ3) is 4.33. The predicted molar refractivity (Wildman–Crippen MR) is 131 cm³/mol. The number of phenols is 1. The maximum atomic E-state index is 13.3. The second-order valence-corrected chi connectivity index (χ2v) is 9.53. The molecule has 182 valence electrons. The number of phenolic OH excluding ortho intramolecular Hbond substituents is 1. The van der Waals surface area contributed by atoms with Gasteiger partial charge in [0.25, 0.3) is 5.91 Å². The number of ether oxygens (including phenoxy) is 2. The summed E-state index contributed by atoms with van der Waals surface area (Å²) in [5.74, 6) is 0.507. The largest absolute Gasteiger partial charge is 0.505 e. The van der Waals surface area contributed by atoms with Crippen molar-refractivity contribution in [2.45, 2.75) is 26.9 Å². The molecule has 0 saturated carbocycles. The molecule has 1 aromatic heterocycles. The molecule has 1 amide bonds. The van der Waals surface area contributed by atoms with Gasteiger partial charge in [0.1, 0.15) is 17.0 Å². The van der Waals surface area contributed by atoms with Crippen LogP contribution in [0.5, 0.6) is 17.2 Å². The van der Waals surface area contributed by atoms with Gasteiger partial charge in [-0.25, -0.2) is 8.42 Å². The Bertz CT molecular complexity index is 1340. The fourth-order valence-corrected chi connectivity index (χ4v) is 4.51. The Morgan fingerprint density at radius 1 is 1.18 bits per heavy atom. The van der Waals surface area contributed by atoms with Gasteiger partial charge >= 0.3 is 0 Å². The number of anilines is 1. The SMILES string of the molecule is CC.COc1ccc(CN2Cc3c(c(O)c4ncccc4c3N(C)S(C)(=O)=O)C2=O)c(OC)c1. The molecule has 0 spiro atoms. The molecule has 2 heterocycles. The third-order valence-corrected chi connectivity index (χ3v) is 6.81. The smallest absolute Gasteiger partial charge is 0.258 e. The molecule has 0 radical (unpaired) electrons. The van der Waals surface area contributed by atoms with Gasteiger partial charge < -0.3 is 19.5 Å². The summed E-state index contributed by atoms with van der Waals surface area (Å²) in [6.45, 7) is 4.32. The van der Waals surface area contributed by atoms with Crippen molar-refractivity contribution in [3.8, 4) is 17.2 Å². The van der Waals surface area contributed by atoms with E-state index in [1.165, 1.54) is 25.3 Å². The fourth-order valence-electron chi connectivity index (χ4n) is 3.97. The van der Waals surface area contributed by atoms with Crippen LogP contribution >= 0.6 is 0 Å². The van der Waals surface area contributed by atoms with Crippen molar-refractivity contribution >= 4 is 32.5 Å². The predicted octanol–water partition coefficient (Wildman–Crippen LogP) is 3.54. The summed E-state index contributed by atoms with van der Waals surface area (Å²) in [6, 6.07) is 8.63. The van der Waals surface area contributed by atoms with Crippen LogP contribution in [0.1, 0.15) is 35.3 Å². The van der Waals surface area contributed by atoms with E-state index in [0.29, 0.717) is 28.1 Å². The number of nitrogens with zero attached hydrogens (tertiary/aromatic N) is 3. The van der Waals surface area contributed by atoms with Gasteiger partial charge in [0, 0.05) is 48.9 Å². The lowest BCUT2D eigenvalue weighted by Gasteiger charge is -2.22. The summed E-state index contributed by atoms with van der Waals surface area (Å²) in [6.07, 6.45) is 2.57. The number of pyridine rings is 1. The molecule has 2 aromatic carbocycles. The van der Waals surface area contributed by atoms with Crippen molar-refractivity contribution in [2.24, 2.45) is 0 Å². The quantitative estimate of drug-likeness (QED) is 0.566. The molecule has 0 aliphatic carbocycles. The van der Waals surface area contributed by atoms with Gasteiger partial charge in [0.2, 0.25) is 10.0 Å². The lowest BCUT2D eigenvalue weighted by molar-refractivity contribution is 0.0763. The number of sulfonamides is 1. The standard InChI is InChI=1S/C22H23N3O6S.C2H6/c1-24(32(4,28)29)20-15-6-5-9-23-19(15)21(26)18-16(20)12-25(22(18)27)11-13-7-8-14(30-2)10-17(13)31-3;1-2/h5-10,26H,11-12H2,1-4H3;1-2H3. The van der Waals surface area contributed by atoms with Crippen molar-refractivity contribution in [3.05, 3.63) is 53.2 Å². The van der Waals surface area contributed by atoms with Crippen LogP contribution in [0.2, 0.25) is 0 Å². The molecular formula is C24H29N3O6S. The number of carbonyl (C=O) groups is 1. The highest BCUT2D eigenvalue weighted by Crippen LogP contribution is 2.44. The van der Waals surface area contributed by atoms with E-state index in [1.54, 1.807) is 37.4 Å². The van der Waals surface area contributed by atoms with E-state index in [0.717, 1.165) is 16.1 Å². The Kier molecular flexibility index (Phi) is 7.21. The number of fused-ring (bicyclic) bond motifs is 2. The lowest BCUT2D eigenvalue weighted by Crippen LogP contribution is -2.26. The maximum Gasteiger partial charge on any atom is 0.258 e. The van der Waals surface area contributed by atoms with E-state index in [4.69, 9.17) is 9.47 Å². The zero-order chi connectivity index (χ0) is 25.2. The van der Waals surface area contributed by atoms with Crippen molar-refractivity contribution < 1.29 is 27.8 Å².